The van der Waals surface area contributed by atoms with Gasteiger partial charge < -0.3 is 15.3 Å². The molecule has 2 unspecified atom stereocenters. The summed E-state index contributed by atoms with van der Waals surface area (Å²) in [4.78, 5) is 10.6. The normalized spacial score (nSPS) is 18.7. The number of fused-ring (bicyclic) bond motifs is 3. The minimum atomic E-state index is -4.69. The van der Waals surface area contributed by atoms with Crippen LogP contribution in [-0.4, -0.2) is 58.8 Å². The van der Waals surface area contributed by atoms with Gasteiger partial charge in [-0.3, -0.25) is 0 Å². The molecule has 11 nitrogen and oxygen atoms in total. The first-order valence-corrected chi connectivity index (χ1v) is 10.1. The van der Waals surface area contributed by atoms with Crippen molar-refractivity contribution in [2.45, 2.75) is 24.9 Å². The third-order valence-corrected chi connectivity index (χ3v) is 5.82. The lowest BCUT2D eigenvalue weighted by molar-refractivity contribution is -0.182. The summed E-state index contributed by atoms with van der Waals surface area (Å²) in [5.41, 5.74) is -2.37. The van der Waals surface area contributed by atoms with Crippen molar-refractivity contribution in [3.05, 3.63) is 53.3 Å². The Bertz CT molecular complexity index is 1430. The molecular weight excluding hydrogens is 477 g/mol. The third kappa shape index (κ3) is 3.28. The van der Waals surface area contributed by atoms with E-state index in [1.807, 2.05) is 0 Å². The minimum Gasteiger partial charge on any atom is -0.356 e. The first-order chi connectivity index (χ1) is 16.1. The fraction of sp³-hybridized carbons (Fsp3) is 0.263. The first-order valence-electron chi connectivity index (χ1n) is 9.72. The van der Waals surface area contributed by atoms with Crippen LogP contribution in [0.15, 0.2) is 36.9 Å². The Kier molecular flexibility index (Phi) is 4.85. The number of halogens is 4. The van der Waals surface area contributed by atoms with Gasteiger partial charge in [0.2, 0.25) is 6.35 Å². The maximum Gasteiger partial charge on any atom is 0.401 e. The summed E-state index contributed by atoms with van der Waals surface area (Å²) in [6.07, 6.45) is -0.845. The molecule has 0 amide bonds. The van der Waals surface area contributed by atoms with E-state index in [0.717, 1.165) is 16.3 Å². The molecule has 1 aliphatic heterocycles. The van der Waals surface area contributed by atoms with Crippen LogP contribution >= 0.6 is 11.6 Å². The van der Waals surface area contributed by atoms with Gasteiger partial charge in [-0.15, -0.1) is 4.80 Å². The van der Waals surface area contributed by atoms with E-state index in [-0.39, 0.29) is 39.3 Å². The molecule has 0 aromatic carbocycles. The van der Waals surface area contributed by atoms with Crippen LogP contribution in [0, 0.1) is 11.3 Å². The molecule has 4 aromatic heterocycles. The summed E-state index contributed by atoms with van der Waals surface area (Å²) in [7, 11) is 0. The number of aliphatic hydroxyl groups is 1. The number of rotatable bonds is 4. The molecule has 174 valence electrons. The van der Waals surface area contributed by atoms with Gasteiger partial charge in [-0.25, -0.2) is 14.5 Å². The number of pyridine rings is 1. The molecule has 0 saturated carbocycles. The Morgan fingerprint density at radius 2 is 1.97 bits per heavy atom. The van der Waals surface area contributed by atoms with Crippen molar-refractivity contribution in [2.75, 3.05) is 16.8 Å². The fourth-order valence-corrected chi connectivity index (χ4v) is 4.10. The van der Waals surface area contributed by atoms with Gasteiger partial charge in [-0.2, -0.15) is 33.7 Å². The van der Waals surface area contributed by atoms with Gasteiger partial charge >= 0.3 is 6.18 Å². The minimum absolute atomic E-state index is 0.0105. The molecule has 5 heterocycles. The van der Waals surface area contributed by atoms with Crippen molar-refractivity contribution in [3.8, 4) is 11.9 Å². The lowest BCUT2D eigenvalue weighted by atomic mass is 9.87. The zero-order valence-electron chi connectivity index (χ0n) is 17.2. The van der Waals surface area contributed by atoms with Crippen molar-refractivity contribution in [1.29, 1.82) is 5.26 Å². The highest BCUT2D eigenvalue weighted by atomic mass is 35.5. The van der Waals surface area contributed by atoms with Gasteiger partial charge in [0.05, 0.1) is 46.9 Å². The van der Waals surface area contributed by atoms with E-state index < -0.39 is 24.5 Å². The number of alkyl halides is 3. The monoisotopic (exact) mass is 490 g/mol. The van der Waals surface area contributed by atoms with Crippen molar-refractivity contribution in [2.24, 2.45) is 0 Å². The van der Waals surface area contributed by atoms with E-state index in [0.29, 0.717) is 0 Å². The number of anilines is 2. The van der Waals surface area contributed by atoms with Crippen molar-refractivity contribution < 1.29 is 18.3 Å². The summed E-state index contributed by atoms with van der Waals surface area (Å²) < 4.78 is 43.7. The lowest BCUT2D eigenvalue weighted by Gasteiger charge is -2.31. The average molecular weight is 491 g/mol. The number of hydrogen-bond acceptors (Lipinski definition) is 9. The molecule has 15 heteroatoms. The Balaban J connectivity index is 1.52. The lowest BCUT2D eigenvalue weighted by Crippen LogP contribution is -2.48. The number of nitrogens with zero attached hydrogens (tertiary/aromatic N) is 9. The van der Waals surface area contributed by atoms with Gasteiger partial charge in [-0.05, 0) is 13.0 Å². The predicted molar refractivity (Wildman–Crippen MR) is 112 cm³/mol. The number of hydrogen-bond donors (Lipinski definition) is 2. The van der Waals surface area contributed by atoms with Crippen LogP contribution in [0.3, 0.4) is 0 Å². The molecule has 1 aliphatic rings. The topological polar surface area (TPSA) is 133 Å². The molecule has 2 atom stereocenters. The summed E-state index contributed by atoms with van der Waals surface area (Å²) in [6, 6.07) is 4.53. The van der Waals surface area contributed by atoms with Crippen molar-refractivity contribution in [3.63, 3.8) is 0 Å². The zero-order chi connectivity index (χ0) is 24.3. The van der Waals surface area contributed by atoms with Crippen LogP contribution in [0.1, 0.15) is 18.3 Å². The van der Waals surface area contributed by atoms with Crippen molar-refractivity contribution in [1.82, 2.24) is 34.6 Å². The summed E-state index contributed by atoms with van der Waals surface area (Å²) >= 11 is 6.24. The highest BCUT2D eigenvalue weighted by Gasteiger charge is 2.60. The Morgan fingerprint density at radius 3 is 2.62 bits per heavy atom. The second kappa shape index (κ2) is 7.54. The smallest absolute Gasteiger partial charge is 0.356 e. The summed E-state index contributed by atoms with van der Waals surface area (Å²) in [5.74, 6) is 0.237. The summed E-state index contributed by atoms with van der Waals surface area (Å²) in [6.45, 7) is 0.384. The van der Waals surface area contributed by atoms with E-state index in [9.17, 15) is 18.3 Å². The molecule has 0 saturated heterocycles. The summed E-state index contributed by atoms with van der Waals surface area (Å²) in [5, 5.41) is 34.7. The van der Waals surface area contributed by atoms with E-state index in [2.05, 4.69) is 30.6 Å². The largest absolute Gasteiger partial charge is 0.401 e. The molecule has 0 bridgehead atoms. The van der Waals surface area contributed by atoms with E-state index in [1.165, 1.54) is 41.7 Å². The standard InChI is InChI=1S/C19H14ClF3N10O/c1-18(19(21,22)23)9-31(13-8-25-14-5-10(6-24)30-32(14)15(13)18)17(34)29-11-4-12(20)16(26-7-11)33-27-2-3-28-33/h2-5,7-8,17,29,34H,9H2,1H3. The van der Waals surface area contributed by atoms with Gasteiger partial charge in [0.15, 0.2) is 17.2 Å². The van der Waals surface area contributed by atoms with E-state index >= 15 is 0 Å². The van der Waals surface area contributed by atoms with Gasteiger partial charge in [0.25, 0.3) is 0 Å². The second-order valence-corrected chi connectivity index (χ2v) is 8.13. The van der Waals surface area contributed by atoms with Gasteiger partial charge in [-0.1, -0.05) is 11.6 Å². The van der Waals surface area contributed by atoms with Crippen LogP contribution in [0.5, 0.6) is 0 Å². The SMILES string of the molecule is CC1(C(F)(F)F)CN(C(O)Nc2cnc(-n3nccn3)c(Cl)c2)c2cnc3cc(C#N)nn3c21. The molecular formula is C19H14ClF3N10O. The quantitative estimate of drug-likeness (QED) is 0.413. The number of aliphatic hydroxyl groups excluding tert-OH is 1. The number of nitriles is 1. The number of aromatic nitrogens is 7. The third-order valence-electron chi connectivity index (χ3n) is 5.54. The molecule has 4 aromatic rings. The van der Waals surface area contributed by atoms with Crippen molar-refractivity contribution >= 4 is 28.6 Å². The Hall–Kier alpha value is -3.96. The average Bonchev–Trinajstić information content (AvgIpc) is 3.50. The maximum absolute atomic E-state index is 14.2. The molecule has 0 spiro atoms. The molecule has 0 aliphatic carbocycles. The highest BCUT2D eigenvalue weighted by Crippen LogP contribution is 2.50. The molecule has 34 heavy (non-hydrogen) atoms. The maximum atomic E-state index is 14.2. The zero-order valence-corrected chi connectivity index (χ0v) is 18.0. The van der Waals surface area contributed by atoms with Crippen LogP contribution in [0.4, 0.5) is 24.5 Å². The predicted octanol–water partition coefficient (Wildman–Crippen LogP) is 2.26. The first kappa shape index (κ1) is 21.9. The fourth-order valence-electron chi connectivity index (χ4n) is 3.86. The Morgan fingerprint density at radius 1 is 1.24 bits per heavy atom. The molecule has 2 N–H and O–H groups in total. The molecule has 0 radical (unpaired) electrons. The van der Waals surface area contributed by atoms with Crippen LogP contribution < -0.4 is 10.2 Å². The van der Waals surface area contributed by atoms with Crippen LogP contribution in [0.2, 0.25) is 5.02 Å². The van der Waals surface area contributed by atoms with Crippen LogP contribution in [0.25, 0.3) is 11.5 Å². The molecule has 5 rings (SSSR count). The molecule has 0 fully saturated rings. The second-order valence-electron chi connectivity index (χ2n) is 7.73. The Labute approximate surface area is 194 Å². The number of nitrogens with one attached hydrogen (secondary N) is 1. The van der Waals surface area contributed by atoms with Gasteiger partial charge in [0, 0.05) is 12.6 Å². The highest BCUT2D eigenvalue weighted by molar-refractivity contribution is 6.32. The van der Waals surface area contributed by atoms with Crippen LogP contribution in [-0.2, 0) is 5.41 Å². The van der Waals surface area contributed by atoms with E-state index in [1.54, 1.807) is 6.07 Å². The van der Waals surface area contributed by atoms with Gasteiger partial charge in [0.1, 0.15) is 11.5 Å². The van der Waals surface area contributed by atoms with E-state index in [4.69, 9.17) is 16.9 Å².